The van der Waals surface area contributed by atoms with Gasteiger partial charge in [-0.1, -0.05) is 30.3 Å². The van der Waals surface area contributed by atoms with Gasteiger partial charge in [-0.05, 0) is 37.1 Å². The standard InChI is InChI=1S/C21H19N3O2S/c1-13-19(21(26)24-11-10-15-6-3-4-9-18(15)24)23-20(27-13)16-7-5-8-17(12-16)22-14(2)25/h3-9,12H,10-11H2,1-2H3,(H,22,25). The number of anilines is 2. The van der Waals surface area contributed by atoms with Crippen LogP contribution < -0.4 is 10.2 Å². The lowest BCUT2D eigenvalue weighted by molar-refractivity contribution is -0.114. The highest BCUT2D eigenvalue weighted by molar-refractivity contribution is 7.15. The van der Waals surface area contributed by atoms with Crippen LogP contribution in [0.5, 0.6) is 0 Å². The van der Waals surface area contributed by atoms with Gasteiger partial charge in [0.1, 0.15) is 10.7 Å². The van der Waals surface area contributed by atoms with Crippen molar-refractivity contribution >= 4 is 34.5 Å². The van der Waals surface area contributed by atoms with Crippen molar-refractivity contribution in [3.63, 3.8) is 0 Å². The van der Waals surface area contributed by atoms with Crippen molar-refractivity contribution in [3.05, 3.63) is 64.7 Å². The molecule has 0 unspecified atom stereocenters. The number of benzene rings is 2. The Balaban J connectivity index is 1.65. The number of fused-ring (bicyclic) bond motifs is 1. The lowest BCUT2D eigenvalue weighted by Crippen LogP contribution is -2.29. The molecule has 1 aliphatic rings. The Labute approximate surface area is 161 Å². The van der Waals surface area contributed by atoms with Crippen molar-refractivity contribution in [2.45, 2.75) is 20.3 Å². The average molecular weight is 377 g/mol. The lowest BCUT2D eigenvalue weighted by Gasteiger charge is -2.16. The minimum atomic E-state index is -0.119. The van der Waals surface area contributed by atoms with E-state index < -0.39 is 0 Å². The molecular weight excluding hydrogens is 358 g/mol. The fourth-order valence-electron chi connectivity index (χ4n) is 3.33. The van der Waals surface area contributed by atoms with Crippen molar-refractivity contribution < 1.29 is 9.59 Å². The molecule has 1 N–H and O–H groups in total. The molecule has 3 aromatic rings. The van der Waals surface area contributed by atoms with Crippen LogP contribution in [0.2, 0.25) is 0 Å². The molecule has 1 aliphatic heterocycles. The van der Waals surface area contributed by atoms with Crippen molar-refractivity contribution in [2.75, 3.05) is 16.8 Å². The molecule has 2 amide bonds. The van der Waals surface area contributed by atoms with Gasteiger partial charge in [0.05, 0.1) is 0 Å². The molecule has 2 aromatic carbocycles. The van der Waals surface area contributed by atoms with Gasteiger partial charge in [0.2, 0.25) is 5.91 Å². The fourth-order valence-corrected chi connectivity index (χ4v) is 4.23. The van der Waals surface area contributed by atoms with Gasteiger partial charge in [0, 0.05) is 35.3 Å². The minimum Gasteiger partial charge on any atom is -0.326 e. The van der Waals surface area contributed by atoms with Crippen LogP contribution in [0.4, 0.5) is 11.4 Å². The molecule has 0 saturated heterocycles. The Kier molecular flexibility index (Phi) is 4.49. The van der Waals surface area contributed by atoms with Crippen molar-refractivity contribution in [1.82, 2.24) is 4.98 Å². The molecule has 2 heterocycles. The highest BCUT2D eigenvalue weighted by Gasteiger charge is 2.28. The molecule has 0 spiro atoms. The summed E-state index contributed by atoms with van der Waals surface area (Å²) in [5.41, 5.74) is 4.27. The van der Waals surface area contributed by atoms with Crippen LogP contribution in [0.25, 0.3) is 10.6 Å². The number of thiazole rings is 1. The molecule has 0 bridgehead atoms. The summed E-state index contributed by atoms with van der Waals surface area (Å²) in [6, 6.07) is 15.5. The summed E-state index contributed by atoms with van der Waals surface area (Å²) in [5, 5.41) is 3.55. The summed E-state index contributed by atoms with van der Waals surface area (Å²) < 4.78 is 0. The number of aryl methyl sites for hydroxylation is 1. The summed E-state index contributed by atoms with van der Waals surface area (Å²) in [7, 11) is 0. The van der Waals surface area contributed by atoms with E-state index in [2.05, 4.69) is 16.4 Å². The Morgan fingerprint density at radius 1 is 1.15 bits per heavy atom. The maximum absolute atomic E-state index is 13.1. The number of carbonyl (C=O) groups excluding carboxylic acids is 2. The third-order valence-electron chi connectivity index (χ3n) is 4.56. The molecule has 6 heteroatoms. The first-order valence-electron chi connectivity index (χ1n) is 8.78. The predicted octanol–water partition coefficient (Wildman–Crippen LogP) is 4.28. The Bertz CT molecular complexity index is 1040. The maximum Gasteiger partial charge on any atom is 0.278 e. The number of nitrogens with one attached hydrogen (secondary N) is 1. The summed E-state index contributed by atoms with van der Waals surface area (Å²) in [5.74, 6) is -0.177. The summed E-state index contributed by atoms with van der Waals surface area (Å²) >= 11 is 1.49. The van der Waals surface area contributed by atoms with Gasteiger partial charge < -0.3 is 10.2 Å². The van der Waals surface area contributed by atoms with Crippen LogP contribution in [0.3, 0.4) is 0 Å². The number of carbonyl (C=O) groups is 2. The number of para-hydroxylation sites is 1. The molecule has 0 aliphatic carbocycles. The zero-order valence-electron chi connectivity index (χ0n) is 15.2. The summed E-state index contributed by atoms with van der Waals surface area (Å²) in [4.78, 5) is 31.7. The molecule has 5 nitrogen and oxygen atoms in total. The normalized spacial score (nSPS) is 12.7. The highest BCUT2D eigenvalue weighted by atomic mass is 32.1. The summed E-state index contributed by atoms with van der Waals surface area (Å²) in [6.07, 6.45) is 0.872. The first kappa shape index (κ1) is 17.4. The lowest BCUT2D eigenvalue weighted by atomic mass is 10.2. The van der Waals surface area contributed by atoms with E-state index in [1.165, 1.54) is 23.8 Å². The maximum atomic E-state index is 13.1. The smallest absolute Gasteiger partial charge is 0.278 e. The molecule has 4 rings (SSSR count). The number of hydrogen-bond donors (Lipinski definition) is 1. The van der Waals surface area contributed by atoms with E-state index in [4.69, 9.17) is 0 Å². The van der Waals surface area contributed by atoms with E-state index >= 15 is 0 Å². The zero-order valence-corrected chi connectivity index (χ0v) is 16.0. The van der Waals surface area contributed by atoms with E-state index in [-0.39, 0.29) is 11.8 Å². The SMILES string of the molecule is CC(=O)Nc1cccc(-c2nc(C(=O)N3CCc4ccccc43)c(C)s2)c1. The van der Waals surface area contributed by atoms with E-state index in [0.29, 0.717) is 17.9 Å². The van der Waals surface area contributed by atoms with E-state index in [1.54, 1.807) is 0 Å². The third kappa shape index (κ3) is 3.36. The first-order chi connectivity index (χ1) is 13.0. The van der Waals surface area contributed by atoms with E-state index in [9.17, 15) is 9.59 Å². The molecule has 0 fully saturated rings. The first-order valence-corrected chi connectivity index (χ1v) is 9.60. The largest absolute Gasteiger partial charge is 0.326 e. The third-order valence-corrected chi connectivity index (χ3v) is 5.58. The topological polar surface area (TPSA) is 62.3 Å². The Morgan fingerprint density at radius 2 is 1.96 bits per heavy atom. The molecule has 1 aromatic heterocycles. The van der Waals surface area contributed by atoms with Crippen molar-refractivity contribution in [3.8, 4) is 10.6 Å². The second kappa shape index (κ2) is 6.96. The molecular formula is C21H19N3O2S. The zero-order chi connectivity index (χ0) is 19.0. The number of aromatic nitrogens is 1. The number of hydrogen-bond acceptors (Lipinski definition) is 4. The van der Waals surface area contributed by atoms with Gasteiger partial charge in [-0.15, -0.1) is 11.3 Å². The Hall–Kier alpha value is -2.99. The number of amides is 2. The second-order valence-corrected chi connectivity index (χ2v) is 7.72. The Morgan fingerprint density at radius 3 is 2.78 bits per heavy atom. The van der Waals surface area contributed by atoms with Gasteiger partial charge >= 0.3 is 0 Å². The monoisotopic (exact) mass is 377 g/mol. The molecule has 0 atom stereocenters. The van der Waals surface area contributed by atoms with Crippen molar-refractivity contribution in [2.24, 2.45) is 0 Å². The predicted molar refractivity (Wildman–Crippen MR) is 108 cm³/mol. The van der Waals surface area contributed by atoms with Crippen LogP contribution in [-0.2, 0) is 11.2 Å². The van der Waals surface area contributed by atoms with Gasteiger partial charge in [-0.25, -0.2) is 4.98 Å². The molecule has 27 heavy (non-hydrogen) atoms. The summed E-state index contributed by atoms with van der Waals surface area (Å²) in [6.45, 7) is 4.08. The highest BCUT2D eigenvalue weighted by Crippen LogP contribution is 2.33. The average Bonchev–Trinajstić information content (AvgIpc) is 3.25. The van der Waals surface area contributed by atoms with Crippen LogP contribution in [-0.4, -0.2) is 23.3 Å². The number of rotatable bonds is 3. The molecule has 0 radical (unpaired) electrons. The van der Waals surface area contributed by atoms with Gasteiger partial charge in [-0.2, -0.15) is 0 Å². The van der Waals surface area contributed by atoms with Crippen LogP contribution >= 0.6 is 11.3 Å². The minimum absolute atomic E-state index is 0.0574. The van der Waals surface area contributed by atoms with Crippen LogP contribution in [0.15, 0.2) is 48.5 Å². The number of nitrogens with zero attached hydrogens (tertiary/aromatic N) is 2. The van der Waals surface area contributed by atoms with Gasteiger partial charge in [0.25, 0.3) is 5.91 Å². The van der Waals surface area contributed by atoms with Crippen molar-refractivity contribution in [1.29, 1.82) is 0 Å². The van der Waals surface area contributed by atoms with E-state index in [0.717, 1.165) is 27.6 Å². The molecule has 136 valence electrons. The van der Waals surface area contributed by atoms with E-state index in [1.807, 2.05) is 54.3 Å². The van der Waals surface area contributed by atoms with Gasteiger partial charge in [-0.3, -0.25) is 9.59 Å². The quantitative estimate of drug-likeness (QED) is 0.741. The second-order valence-electron chi connectivity index (χ2n) is 6.52. The van der Waals surface area contributed by atoms with Crippen LogP contribution in [0, 0.1) is 6.92 Å². The van der Waals surface area contributed by atoms with Crippen LogP contribution in [0.1, 0.15) is 27.9 Å². The fraction of sp³-hybridized carbons (Fsp3) is 0.190. The molecule has 0 saturated carbocycles. The van der Waals surface area contributed by atoms with Gasteiger partial charge in [0.15, 0.2) is 0 Å².